The zero-order chi connectivity index (χ0) is 19.7. The van der Waals surface area contributed by atoms with Gasteiger partial charge in [-0.05, 0) is 42.4 Å². The van der Waals surface area contributed by atoms with Crippen molar-refractivity contribution in [2.24, 2.45) is 5.41 Å². The lowest BCUT2D eigenvalue weighted by Crippen LogP contribution is -2.46. The number of amides is 1. The minimum absolute atomic E-state index is 0.0256. The van der Waals surface area contributed by atoms with Crippen molar-refractivity contribution in [2.45, 2.75) is 32.6 Å². The second-order valence-electron chi connectivity index (χ2n) is 7.89. The molecule has 1 atom stereocenters. The monoisotopic (exact) mass is 384 g/mol. The van der Waals surface area contributed by atoms with Crippen LogP contribution in [0.5, 0.6) is 11.5 Å². The summed E-state index contributed by atoms with van der Waals surface area (Å²) in [6.07, 6.45) is 2.91. The number of likely N-dealkylation sites (tertiary alicyclic amines) is 1. The number of anilines is 1. The molecule has 0 saturated carbocycles. The maximum Gasteiger partial charge on any atom is 0.252 e. The largest absolute Gasteiger partial charge is 0.454 e. The highest BCUT2D eigenvalue weighted by Crippen LogP contribution is 2.37. The van der Waals surface area contributed by atoms with Crippen molar-refractivity contribution in [3.63, 3.8) is 0 Å². The maximum atomic E-state index is 12.8. The standard InChI is InChI=1S/C20H24N4O4/c1-20(10-13-3-4-15-16(7-13)28-12-27-15)5-2-6-24(11-20)18(26)9-14-8-17(25)23-19(21)22-14/h3-4,7-8H,2,5-6,9-12H2,1H3,(H3,21,22,23,25)/t20-/m0/s1. The Morgan fingerprint density at radius 2 is 2.14 bits per heavy atom. The molecule has 3 N–H and O–H groups in total. The first kappa shape index (κ1) is 18.3. The molecule has 1 aromatic heterocycles. The number of benzene rings is 1. The van der Waals surface area contributed by atoms with Crippen LogP contribution < -0.4 is 20.8 Å². The van der Waals surface area contributed by atoms with Crippen LogP contribution in [0.3, 0.4) is 0 Å². The summed E-state index contributed by atoms with van der Waals surface area (Å²) in [5, 5.41) is 0. The summed E-state index contributed by atoms with van der Waals surface area (Å²) in [7, 11) is 0. The van der Waals surface area contributed by atoms with Crippen molar-refractivity contribution in [1.29, 1.82) is 0 Å². The van der Waals surface area contributed by atoms with Gasteiger partial charge in [-0.2, -0.15) is 0 Å². The maximum absolute atomic E-state index is 12.8. The van der Waals surface area contributed by atoms with Crippen molar-refractivity contribution >= 4 is 11.9 Å². The van der Waals surface area contributed by atoms with Crippen LogP contribution in [0, 0.1) is 5.41 Å². The third-order valence-corrected chi connectivity index (χ3v) is 5.35. The van der Waals surface area contributed by atoms with E-state index in [1.165, 1.54) is 11.6 Å². The molecular formula is C20H24N4O4. The number of H-pyrrole nitrogens is 1. The Bertz CT molecular complexity index is 957. The molecular weight excluding hydrogens is 360 g/mol. The van der Waals surface area contributed by atoms with Crippen molar-refractivity contribution in [2.75, 3.05) is 25.6 Å². The quantitative estimate of drug-likeness (QED) is 0.826. The molecule has 1 aromatic carbocycles. The fourth-order valence-corrected chi connectivity index (χ4v) is 4.10. The van der Waals surface area contributed by atoms with Gasteiger partial charge in [0.1, 0.15) is 0 Å². The van der Waals surface area contributed by atoms with Gasteiger partial charge in [0, 0.05) is 19.2 Å². The summed E-state index contributed by atoms with van der Waals surface area (Å²) < 4.78 is 10.9. The topological polar surface area (TPSA) is 111 Å². The number of hydrogen-bond donors (Lipinski definition) is 2. The third-order valence-electron chi connectivity index (χ3n) is 5.35. The SMILES string of the molecule is C[C@@]1(Cc2ccc3c(c2)OCO3)CCCN(C(=O)Cc2cc(=O)[nH]c(N)n2)C1. The smallest absolute Gasteiger partial charge is 0.252 e. The molecule has 1 fully saturated rings. The summed E-state index contributed by atoms with van der Waals surface area (Å²) >= 11 is 0. The van der Waals surface area contributed by atoms with Crippen LogP contribution in [0.15, 0.2) is 29.1 Å². The highest BCUT2D eigenvalue weighted by Gasteiger charge is 2.33. The van der Waals surface area contributed by atoms with E-state index in [4.69, 9.17) is 15.2 Å². The van der Waals surface area contributed by atoms with Crippen molar-refractivity contribution < 1.29 is 14.3 Å². The number of aromatic amines is 1. The molecule has 0 unspecified atom stereocenters. The van der Waals surface area contributed by atoms with E-state index in [0.717, 1.165) is 30.8 Å². The number of nitrogens with one attached hydrogen (secondary N) is 1. The fourth-order valence-electron chi connectivity index (χ4n) is 4.10. The number of nitrogens with two attached hydrogens (primary N) is 1. The Morgan fingerprint density at radius 1 is 1.32 bits per heavy atom. The molecule has 1 amide bonds. The first-order chi connectivity index (χ1) is 13.4. The Kier molecular flexibility index (Phi) is 4.70. The molecule has 8 nitrogen and oxygen atoms in total. The van der Waals surface area contributed by atoms with E-state index in [0.29, 0.717) is 18.8 Å². The number of nitrogens with zero attached hydrogens (tertiary/aromatic N) is 2. The van der Waals surface area contributed by atoms with Gasteiger partial charge in [-0.3, -0.25) is 14.6 Å². The number of rotatable bonds is 4. The zero-order valence-corrected chi connectivity index (χ0v) is 15.9. The van der Waals surface area contributed by atoms with Gasteiger partial charge in [-0.15, -0.1) is 0 Å². The Hall–Kier alpha value is -3.03. The summed E-state index contributed by atoms with van der Waals surface area (Å²) in [4.78, 5) is 32.6. The van der Waals surface area contributed by atoms with E-state index in [1.807, 2.05) is 17.0 Å². The van der Waals surface area contributed by atoms with Crippen molar-refractivity contribution in [3.05, 3.63) is 45.9 Å². The van der Waals surface area contributed by atoms with Crippen LogP contribution in [0.4, 0.5) is 5.95 Å². The summed E-state index contributed by atoms with van der Waals surface area (Å²) in [6, 6.07) is 7.35. The van der Waals surface area contributed by atoms with Gasteiger partial charge >= 0.3 is 0 Å². The van der Waals surface area contributed by atoms with Gasteiger partial charge in [0.05, 0.1) is 12.1 Å². The molecule has 28 heavy (non-hydrogen) atoms. The summed E-state index contributed by atoms with van der Waals surface area (Å²) in [5.41, 5.74) is 6.77. The van der Waals surface area contributed by atoms with Gasteiger partial charge < -0.3 is 20.1 Å². The van der Waals surface area contributed by atoms with Crippen molar-refractivity contribution in [1.82, 2.24) is 14.9 Å². The number of aromatic nitrogens is 2. The first-order valence-electron chi connectivity index (χ1n) is 9.42. The molecule has 1 saturated heterocycles. The van der Waals surface area contributed by atoms with E-state index < -0.39 is 0 Å². The lowest BCUT2D eigenvalue weighted by atomic mass is 9.77. The highest BCUT2D eigenvalue weighted by atomic mass is 16.7. The molecule has 8 heteroatoms. The number of piperidine rings is 1. The minimum atomic E-state index is -0.346. The number of carbonyl (C=O) groups excluding carboxylic acids is 1. The van der Waals surface area contributed by atoms with E-state index in [1.54, 1.807) is 0 Å². The number of ether oxygens (including phenoxy) is 2. The number of carbonyl (C=O) groups is 1. The number of fused-ring (bicyclic) bond motifs is 1. The minimum Gasteiger partial charge on any atom is -0.454 e. The van der Waals surface area contributed by atoms with Gasteiger partial charge in [-0.1, -0.05) is 13.0 Å². The van der Waals surface area contributed by atoms with Gasteiger partial charge in [-0.25, -0.2) is 4.98 Å². The molecule has 2 aromatic rings. The molecule has 2 aliphatic heterocycles. The predicted molar refractivity (Wildman–Crippen MR) is 103 cm³/mol. The highest BCUT2D eigenvalue weighted by molar-refractivity contribution is 5.78. The average Bonchev–Trinajstić information content (AvgIpc) is 3.08. The Labute approximate surface area is 162 Å². The molecule has 0 aliphatic carbocycles. The lowest BCUT2D eigenvalue weighted by molar-refractivity contribution is -0.133. The molecule has 3 heterocycles. The Morgan fingerprint density at radius 3 is 2.96 bits per heavy atom. The van der Waals surface area contributed by atoms with E-state index in [2.05, 4.69) is 23.0 Å². The van der Waals surface area contributed by atoms with E-state index in [-0.39, 0.29) is 36.0 Å². The second kappa shape index (κ2) is 7.18. The number of hydrogen-bond acceptors (Lipinski definition) is 6. The normalized spacial score (nSPS) is 21.0. The fraction of sp³-hybridized carbons (Fsp3) is 0.450. The second-order valence-corrected chi connectivity index (χ2v) is 7.89. The van der Waals surface area contributed by atoms with Crippen LogP contribution in [0.1, 0.15) is 31.0 Å². The van der Waals surface area contributed by atoms with Crippen LogP contribution in [-0.2, 0) is 17.6 Å². The van der Waals surface area contributed by atoms with Crippen molar-refractivity contribution in [3.8, 4) is 11.5 Å². The molecule has 0 bridgehead atoms. The van der Waals surface area contributed by atoms with E-state index in [9.17, 15) is 9.59 Å². The molecule has 0 radical (unpaired) electrons. The molecule has 4 rings (SSSR count). The van der Waals surface area contributed by atoms with E-state index >= 15 is 0 Å². The zero-order valence-electron chi connectivity index (χ0n) is 15.9. The molecule has 2 aliphatic rings. The van der Waals surface area contributed by atoms with Crippen LogP contribution >= 0.6 is 0 Å². The summed E-state index contributed by atoms with van der Waals surface area (Å²) in [5.74, 6) is 1.55. The van der Waals surface area contributed by atoms with Gasteiger partial charge in [0.15, 0.2) is 11.5 Å². The lowest BCUT2D eigenvalue weighted by Gasteiger charge is -2.41. The van der Waals surface area contributed by atoms with Gasteiger partial charge in [0.25, 0.3) is 5.56 Å². The summed E-state index contributed by atoms with van der Waals surface area (Å²) in [6.45, 7) is 3.85. The average molecular weight is 384 g/mol. The van der Waals surface area contributed by atoms with Gasteiger partial charge in [0.2, 0.25) is 18.6 Å². The Balaban J connectivity index is 1.44. The van der Waals surface area contributed by atoms with Crippen LogP contribution in [0.2, 0.25) is 0 Å². The first-order valence-corrected chi connectivity index (χ1v) is 9.42. The third kappa shape index (κ3) is 3.95. The van der Waals surface area contributed by atoms with Crippen LogP contribution in [-0.4, -0.2) is 40.7 Å². The van der Waals surface area contributed by atoms with Crippen LogP contribution in [0.25, 0.3) is 0 Å². The molecule has 148 valence electrons. The predicted octanol–water partition coefficient (Wildman–Crippen LogP) is 1.49. The number of nitrogen functional groups attached to an aromatic ring is 1. The molecule has 0 spiro atoms.